The molecule has 1 N–H and O–H groups in total. The highest BCUT2D eigenvalue weighted by Crippen LogP contribution is 2.25. The molecule has 0 bridgehead atoms. The molecule has 0 fully saturated rings. The number of rotatable bonds is 3. The van der Waals surface area contributed by atoms with E-state index in [1.165, 1.54) is 19.2 Å². The van der Waals surface area contributed by atoms with Crippen molar-refractivity contribution in [2.24, 2.45) is 0 Å². The van der Waals surface area contributed by atoms with Crippen molar-refractivity contribution in [1.82, 2.24) is 0 Å². The quantitative estimate of drug-likeness (QED) is 0.852. The molecule has 1 amide bonds. The number of nitrogens with one attached hydrogen (secondary N) is 1. The molecule has 0 radical (unpaired) electrons. The number of carbonyl (C=O) groups is 2. The summed E-state index contributed by atoms with van der Waals surface area (Å²) >= 11 is 4.33. The van der Waals surface area contributed by atoms with E-state index in [-0.39, 0.29) is 10.4 Å². The summed E-state index contributed by atoms with van der Waals surface area (Å²) in [4.78, 5) is 23.9. The average Bonchev–Trinajstić information content (AvgIpc) is 2.88. The maximum absolute atomic E-state index is 13.2. The normalized spacial score (nSPS) is 10.2. The minimum Gasteiger partial charge on any atom is -0.465 e. The molecule has 104 valence electrons. The molecule has 20 heavy (non-hydrogen) atoms. The van der Waals surface area contributed by atoms with Crippen molar-refractivity contribution in [3.8, 4) is 0 Å². The first-order valence-electron chi connectivity index (χ1n) is 5.45. The number of halogens is 2. The van der Waals surface area contributed by atoms with Crippen LogP contribution in [-0.4, -0.2) is 19.0 Å². The van der Waals surface area contributed by atoms with E-state index < -0.39 is 17.7 Å². The van der Waals surface area contributed by atoms with E-state index >= 15 is 0 Å². The van der Waals surface area contributed by atoms with Crippen LogP contribution in [0.3, 0.4) is 0 Å². The van der Waals surface area contributed by atoms with Gasteiger partial charge in [0.15, 0.2) is 0 Å². The van der Waals surface area contributed by atoms with E-state index in [1.807, 2.05) is 0 Å². The highest BCUT2D eigenvalue weighted by Gasteiger charge is 2.17. The molecule has 2 aromatic rings. The molecule has 0 aliphatic heterocycles. The van der Waals surface area contributed by atoms with Crippen LogP contribution in [0.5, 0.6) is 0 Å². The molecule has 7 heteroatoms. The molecule has 1 heterocycles. The maximum Gasteiger partial charge on any atom is 0.350 e. The number of amides is 1. The monoisotopic (exact) mass is 357 g/mol. The average molecular weight is 358 g/mol. The summed E-state index contributed by atoms with van der Waals surface area (Å²) in [5, 5.41) is 4.22. The third-order valence-corrected chi connectivity index (χ3v) is 4.04. The number of methoxy groups -OCH3 is 1. The second-order valence-electron chi connectivity index (χ2n) is 3.73. The topological polar surface area (TPSA) is 55.4 Å². The lowest BCUT2D eigenvalue weighted by Crippen LogP contribution is -2.14. The molecule has 0 unspecified atom stereocenters. The van der Waals surface area contributed by atoms with E-state index in [1.54, 1.807) is 11.4 Å². The molecule has 0 saturated carbocycles. The molecule has 4 nitrogen and oxygen atoms in total. The lowest BCUT2D eigenvalue weighted by atomic mass is 10.2. The van der Waals surface area contributed by atoms with Crippen molar-refractivity contribution in [1.29, 1.82) is 0 Å². The number of hydrogen-bond donors (Lipinski definition) is 1. The summed E-state index contributed by atoms with van der Waals surface area (Å²) in [6.45, 7) is 0. The zero-order valence-corrected chi connectivity index (χ0v) is 12.7. The smallest absolute Gasteiger partial charge is 0.350 e. The van der Waals surface area contributed by atoms with Crippen LogP contribution in [0.4, 0.5) is 10.1 Å². The lowest BCUT2D eigenvalue weighted by molar-refractivity contribution is 0.0607. The van der Waals surface area contributed by atoms with E-state index in [0.29, 0.717) is 10.2 Å². The first-order valence-corrected chi connectivity index (χ1v) is 7.12. The summed E-state index contributed by atoms with van der Waals surface area (Å²) in [6, 6.07) is 5.38. The highest BCUT2D eigenvalue weighted by atomic mass is 79.9. The Hall–Kier alpha value is -1.73. The summed E-state index contributed by atoms with van der Waals surface area (Å²) in [5.41, 5.74) is 0.482. The van der Waals surface area contributed by atoms with Gasteiger partial charge in [0.25, 0.3) is 5.91 Å². The Morgan fingerprint density at radius 1 is 1.35 bits per heavy atom. The van der Waals surface area contributed by atoms with Crippen molar-refractivity contribution in [2.75, 3.05) is 12.4 Å². The Morgan fingerprint density at radius 3 is 2.80 bits per heavy atom. The van der Waals surface area contributed by atoms with Crippen LogP contribution in [0.25, 0.3) is 0 Å². The summed E-state index contributed by atoms with van der Waals surface area (Å²) in [5.74, 6) is -1.56. The molecular formula is C13H9BrFNO3S. The first kappa shape index (κ1) is 14.7. The fourth-order valence-electron chi connectivity index (χ4n) is 1.52. The number of thiophene rings is 1. The predicted octanol–water partition coefficient (Wildman–Crippen LogP) is 3.69. The van der Waals surface area contributed by atoms with Crippen molar-refractivity contribution >= 4 is 44.8 Å². The molecule has 0 saturated heterocycles. The van der Waals surface area contributed by atoms with Gasteiger partial charge in [-0.3, -0.25) is 4.79 Å². The van der Waals surface area contributed by atoms with Crippen LogP contribution in [0.1, 0.15) is 20.0 Å². The van der Waals surface area contributed by atoms with Crippen molar-refractivity contribution in [2.45, 2.75) is 0 Å². The van der Waals surface area contributed by atoms with Gasteiger partial charge >= 0.3 is 5.97 Å². The van der Waals surface area contributed by atoms with Crippen LogP contribution < -0.4 is 5.32 Å². The predicted molar refractivity (Wildman–Crippen MR) is 77.7 cm³/mol. The van der Waals surface area contributed by atoms with Crippen LogP contribution in [0.15, 0.2) is 34.1 Å². The fourth-order valence-corrected chi connectivity index (χ4v) is 2.71. The van der Waals surface area contributed by atoms with E-state index in [0.717, 1.165) is 17.4 Å². The van der Waals surface area contributed by atoms with Crippen molar-refractivity contribution in [3.63, 3.8) is 0 Å². The van der Waals surface area contributed by atoms with Crippen LogP contribution in [0, 0.1) is 5.82 Å². The fraction of sp³-hybridized carbons (Fsp3) is 0.0769. The molecule has 0 spiro atoms. The van der Waals surface area contributed by atoms with Gasteiger partial charge < -0.3 is 10.1 Å². The zero-order valence-electron chi connectivity index (χ0n) is 10.3. The van der Waals surface area contributed by atoms with Gasteiger partial charge in [-0.1, -0.05) is 0 Å². The molecule has 0 atom stereocenters. The summed E-state index contributed by atoms with van der Waals surface area (Å²) in [7, 11) is 1.26. The Morgan fingerprint density at radius 2 is 2.10 bits per heavy atom. The van der Waals surface area contributed by atoms with Crippen LogP contribution >= 0.6 is 27.3 Å². The third kappa shape index (κ3) is 3.05. The van der Waals surface area contributed by atoms with Gasteiger partial charge in [-0.2, -0.15) is 0 Å². The minimum absolute atomic E-state index is 0.145. The third-order valence-electron chi connectivity index (χ3n) is 2.46. The number of anilines is 1. The summed E-state index contributed by atoms with van der Waals surface area (Å²) < 4.78 is 18.3. The number of esters is 1. The van der Waals surface area contributed by atoms with E-state index in [2.05, 4.69) is 26.0 Å². The molecule has 0 aliphatic carbocycles. The second-order valence-corrected chi connectivity index (χ2v) is 5.50. The van der Waals surface area contributed by atoms with Crippen molar-refractivity contribution in [3.05, 3.63) is 50.4 Å². The molecular weight excluding hydrogens is 349 g/mol. The molecule has 2 rings (SSSR count). The van der Waals surface area contributed by atoms with Crippen molar-refractivity contribution < 1.29 is 18.7 Å². The van der Waals surface area contributed by atoms with E-state index in [4.69, 9.17) is 0 Å². The number of ether oxygens (including phenoxy) is 1. The largest absolute Gasteiger partial charge is 0.465 e. The van der Waals surface area contributed by atoms with Gasteiger partial charge in [-0.15, -0.1) is 11.3 Å². The van der Waals surface area contributed by atoms with Gasteiger partial charge in [-0.25, -0.2) is 9.18 Å². The van der Waals surface area contributed by atoms with Gasteiger partial charge in [0, 0.05) is 4.47 Å². The van der Waals surface area contributed by atoms with Gasteiger partial charge in [-0.05, 0) is 45.6 Å². The van der Waals surface area contributed by atoms with Gasteiger partial charge in [0.05, 0.1) is 18.4 Å². The number of carbonyl (C=O) groups excluding carboxylic acids is 2. The Kier molecular flexibility index (Phi) is 4.51. The number of benzene rings is 1. The summed E-state index contributed by atoms with van der Waals surface area (Å²) in [6.07, 6.45) is 0. The van der Waals surface area contributed by atoms with Gasteiger partial charge in [0.2, 0.25) is 0 Å². The molecule has 1 aromatic heterocycles. The van der Waals surface area contributed by atoms with Crippen LogP contribution in [0.2, 0.25) is 0 Å². The zero-order chi connectivity index (χ0) is 14.7. The molecule has 0 aliphatic rings. The Labute approximate surface area is 126 Å². The van der Waals surface area contributed by atoms with Crippen LogP contribution in [-0.2, 0) is 4.74 Å². The Balaban J connectivity index is 2.26. The first-order chi connectivity index (χ1) is 9.52. The SMILES string of the molecule is COC(=O)c1sccc1NC(=O)c1cc(F)ccc1Br. The maximum atomic E-state index is 13.2. The highest BCUT2D eigenvalue weighted by molar-refractivity contribution is 9.10. The van der Waals surface area contributed by atoms with Gasteiger partial charge in [0.1, 0.15) is 10.7 Å². The lowest BCUT2D eigenvalue weighted by Gasteiger charge is -2.07. The molecule has 1 aromatic carbocycles. The Bertz CT molecular complexity index is 671. The second kappa shape index (κ2) is 6.15. The van der Waals surface area contributed by atoms with E-state index in [9.17, 15) is 14.0 Å². The number of hydrogen-bond acceptors (Lipinski definition) is 4. The standard InChI is InChI=1S/C13H9BrFNO3S/c1-19-13(18)11-10(4-5-20-11)16-12(17)8-6-7(15)2-3-9(8)14/h2-6H,1H3,(H,16,17). The minimum atomic E-state index is -0.534.